The summed E-state index contributed by atoms with van der Waals surface area (Å²) in [6.07, 6.45) is 7.18. The van der Waals surface area contributed by atoms with Crippen LogP contribution in [0.4, 0.5) is 0 Å². The van der Waals surface area contributed by atoms with Crippen molar-refractivity contribution < 1.29 is 14.3 Å². The Morgan fingerprint density at radius 1 is 1.00 bits per heavy atom. The van der Waals surface area contributed by atoms with Gasteiger partial charge in [0.25, 0.3) is 0 Å². The molecule has 0 bridgehead atoms. The Balaban J connectivity index is 1.46. The first-order chi connectivity index (χ1) is 13.2. The molecule has 1 saturated carbocycles. The third kappa shape index (κ3) is 6.06. The number of hydrazone groups is 1. The molecule has 0 aromatic heterocycles. The van der Waals surface area contributed by atoms with E-state index in [4.69, 9.17) is 4.74 Å². The van der Waals surface area contributed by atoms with E-state index >= 15 is 0 Å². The van der Waals surface area contributed by atoms with Crippen LogP contribution in [-0.2, 0) is 16.0 Å². The van der Waals surface area contributed by atoms with Crippen molar-refractivity contribution in [2.75, 3.05) is 0 Å². The Morgan fingerprint density at radius 2 is 1.70 bits per heavy atom. The van der Waals surface area contributed by atoms with E-state index in [1.54, 1.807) is 30.5 Å². The van der Waals surface area contributed by atoms with Crippen LogP contribution in [0.15, 0.2) is 59.7 Å². The van der Waals surface area contributed by atoms with Gasteiger partial charge < -0.3 is 4.74 Å². The zero-order valence-electron chi connectivity index (χ0n) is 15.3. The van der Waals surface area contributed by atoms with Crippen LogP contribution in [-0.4, -0.2) is 18.1 Å². The molecule has 0 aliphatic heterocycles. The third-order valence-electron chi connectivity index (χ3n) is 4.67. The van der Waals surface area contributed by atoms with Crippen molar-refractivity contribution in [3.05, 3.63) is 65.7 Å². The number of ether oxygens (including phenoxy) is 1. The highest BCUT2D eigenvalue weighted by molar-refractivity contribution is 5.83. The van der Waals surface area contributed by atoms with E-state index in [2.05, 4.69) is 10.5 Å². The van der Waals surface area contributed by atoms with Crippen molar-refractivity contribution in [2.45, 2.75) is 38.5 Å². The topological polar surface area (TPSA) is 67.8 Å². The fourth-order valence-electron chi connectivity index (χ4n) is 3.18. The summed E-state index contributed by atoms with van der Waals surface area (Å²) in [4.78, 5) is 24.0. The maximum absolute atomic E-state index is 12.0. The highest BCUT2D eigenvalue weighted by atomic mass is 16.5. The van der Waals surface area contributed by atoms with E-state index in [0.29, 0.717) is 5.75 Å². The molecule has 1 aliphatic rings. The number of carbonyl (C=O) groups is 2. The maximum Gasteiger partial charge on any atom is 0.315 e. The molecule has 1 amide bonds. The summed E-state index contributed by atoms with van der Waals surface area (Å²) in [6, 6.07) is 16.5. The molecule has 5 nitrogen and oxygen atoms in total. The highest BCUT2D eigenvalue weighted by Crippen LogP contribution is 2.23. The van der Waals surface area contributed by atoms with Crippen LogP contribution in [0.1, 0.15) is 43.2 Å². The lowest BCUT2D eigenvalue weighted by molar-refractivity contribution is -0.133. The Hall–Kier alpha value is -2.95. The number of benzene rings is 2. The van der Waals surface area contributed by atoms with Gasteiger partial charge in [-0.2, -0.15) is 5.10 Å². The Bertz CT molecular complexity index is 779. The average Bonchev–Trinajstić information content (AvgIpc) is 2.70. The molecular formula is C22H24N2O3. The molecule has 2 aromatic carbocycles. The second-order valence-electron chi connectivity index (χ2n) is 6.77. The quantitative estimate of drug-likeness (QED) is 0.366. The first-order valence-corrected chi connectivity index (χ1v) is 9.38. The minimum Gasteiger partial charge on any atom is -0.426 e. The first kappa shape index (κ1) is 18.8. The molecule has 27 heavy (non-hydrogen) atoms. The lowest BCUT2D eigenvalue weighted by atomic mass is 9.89. The average molecular weight is 364 g/mol. The predicted octanol–water partition coefficient (Wildman–Crippen LogP) is 3.87. The smallest absolute Gasteiger partial charge is 0.315 e. The number of esters is 1. The van der Waals surface area contributed by atoms with Crippen LogP contribution in [0.3, 0.4) is 0 Å². The Labute approximate surface area is 159 Å². The van der Waals surface area contributed by atoms with E-state index in [1.807, 2.05) is 30.3 Å². The number of amides is 1. The van der Waals surface area contributed by atoms with Crippen LogP contribution < -0.4 is 10.2 Å². The second-order valence-corrected chi connectivity index (χ2v) is 6.77. The number of carbonyl (C=O) groups excluding carboxylic acids is 2. The molecule has 140 valence electrons. The molecule has 1 aliphatic carbocycles. The van der Waals surface area contributed by atoms with Gasteiger partial charge in [-0.3, -0.25) is 9.59 Å². The van der Waals surface area contributed by atoms with Crippen LogP contribution in [0.25, 0.3) is 0 Å². The second kappa shape index (κ2) is 9.67. The van der Waals surface area contributed by atoms with Gasteiger partial charge in [0.05, 0.1) is 12.6 Å². The molecule has 0 saturated heterocycles. The van der Waals surface area contributed by atoms with Crippen LogP contribution in [0.2, 0.25) is 0 Å². The van der Waals surface area contributed by atoms with Gasteiger partial charge in [0, 0.05) is 5.92 Å². The Kier molecular flexibility index (Phi) is 6.74. The minimum atomic E-state index is -0.303. The molecule has 0 unspecified atom stereocenters. The fraction of sp³-hybridized carbons (Fsp3) is 0.318. The van der Waals surface area contributed by atoms with E-state index in [-0.39, 0.29) is 24.2 Å². The lowest BCUT2D eigenvalue weighted by Gasteiger charge is -2.19. The standard InChI is InChI=1S/C22H24N2O3/c25-21(15-17-7-3-1-4-8-17)27-20-13-11-18(12-14-20)16-23-24-22(26)19-9-5-2-6-10-19/h1,3-4,7-8,11-14,16,19H,2,5-6,9-10,15H2,(H,24,26)/b23-16+. The van der Waals surface area contributed by atoms with Crippen molar-refractivity contribution in [3.8, 4) is 5.75 Å². The summed E-state index contributed by atoms with van der Waals surface area (Å²) < 4.78 is 5.34. The summed E-state index contributed by atoms with van der Waals surface area (Å²) in [7, 11) is 0. The molecular weight excluding hydrogens is 340 g/mol. The van der Waals surface area contributed by atoms with Gasteiger partial charge in [0.1, 0.15) is 5.75 Å². The number of hydrogen-bond acceptors (Lipinski definition) is 4. The molecule has 0 radical (unpaired) electrons. The molecule has 0 atom stereocenters. The SMILES string of the molecule is O=C(Cc1ccccc1)Oc1ccc(/C=N/NC(=O)C2CCCCC2)cc1. The summed E-state index contributed by atoms with van der Waals surface area (Å²) >= 11 is 0. The van der Waals surface area contributed by atoms with Gasteiger partial charge in [0.2, 0.25) is 5.91 Å². The first-order valence-electron chi connectivity index (χ1n) is 9.38. The van der Waals surface area contributed by atoms with Crippen molar-refractivity contribution in [2.24, 2.45) is 11.0 Å². The molecule has 1 N–H and O–H groups in total. The highest BCUT2D eigenvalue weighted by Gasteiger charge is 2.20. The molecule has 5 heteroatoms. The summed E-state index contributed by atoms with van der Waals surface area (Å²) in [6.45, 7) is 0. The van der Waals surface area contributed by atoms with E-state index in [0.717, 1.165) is 36.8 Å². The monoisotopic (exact) mass is 364 g/mol. The third-order valence-corrected chi connectivity index (χ3v) is 4.67. The number of rotatable bonds is 6. The van der Waals surface area contributed by atoms with Gasteiger partial charge >= 0.3 is 5.97 Å². The van der Waals surface area contributed by atoms with Crippen molar-refractivity contribution in [1.82, 2.24) is 5.43 Å². The van der Waals surface area contributed by atoms with Crippen molar-refractivity contribution >= 4 is 18.1 Å². The summed E-state index contributed by atoms with van der Waals surface area (Å²) in [5, 5.41) is 4.03. The molecule has 3 rings (SSSR count). The number of nitrogens with one attached hydrogen (secondary N) is 1. The largest absolute Gasteiger partial charge is 0.426 e. The van der Waals surface area contributed by atoms with Gasteiger partial charge in [-0.05, 0) is 48.2 Å². The van der Waals surface area contributed by atoms with Crippen LogP contribution in [0.5, 0.6) is 5.75 Å². The molecule has 0 spiro atoms. The molecule has 1 fully saturated rings. The maximum atomic E-state index is 12.0. The zero-order valence-corrected chi connectivity index (χ0v) is 15.3. The normalized spacial score (nSPS) is 14.8. The van der Waals surface area contributed by atoms with E-state index in [1.165, 1.54) is 6.42 Å². The van der Waals surface area contributed by atoms with Crippen LogP contribution >= 0.6 is 0 Å². The molecule has 0 heterocycles. The Morgan fingerprint density at radius 3 is 2.41 bits per heavy atom. The lowest BCUT2D eigenvalue weighted by Crippen LogP contribution is -2.28. The van der Waals surface area contributed by atoms with Gasteiger partial charge in [-0.1, -0.05) is 49.6 Å². The van der Waals surface area contributed by atoms with Gasteiger partial charge in [-0.25, -0.2) is 5.43 Å². The van der Waals surface area contributed by atoms with E-state index in [9.17, 15) is 9.59 Å². The van der Waals surface area contributed by atoms with Crippen molar-refractivity contribution in [1.29, 1.82) is 0 Å². The fourth-order valence-corrected chi connectivity index (χ4v) is 3.18. The van der Waals surface area contributed by atoms with Gasteiger partial charge in [-0.15, -0.1) is 0 Å². The number of nitrogens with zero attached hydrogens (tertiary/aromatic N) is 1. The predicted molar refractivity (Wildman–Crippen MR) is 105 cm³/mol. The van der Waals surface area contributed by atoms with Crippen molar-refractivity contribution in [3.63, 3.8) is 0 Å². The number of hydrogen-bond donors (Lipinski definition) is 1. The van der Waals surface area contributed by atoms with E-state index < -0.39 is 0 Å². The summed E-state index contributed by atoms with van der Waals surface area (Å²) in [5.74, 6) is 0.265. The van der Waals surface area contributed by atoms with Gasteiger partial charge in [0.15, 0.2) is 0 Å². The van der Waals surface area contributed by atoms with Crippen LogP contribution in [0, 0.1) is 5.92 Å². The zero-order chi connectivity index (χ0) is 18.9. The minimum absolute atomic E-state index is 0.00240. The summed E-state index contributed by atoms with van der Waals surface area (Å²) in [5.41, 5.74) is 4.36. The molecule has 2 aromatic rings.